The molecule has 1 nitrogen and oxygen atoms in total. The molecule has 0 fully saturated rings. The summed E-state index contributed by atoms with van der Waals surface area (Å²) in [7, 11) is 0. The van der Waals surface area contributed by atoms with E-state index >= 15 is 0 Å². The highest BCUT2D eigenvalue weighted by molar-refractivity contribution is 7.80. The molecule has 0 spiro atoms. The molecule has 12 heavy (non-hydrogen) atoms. The molecule has 1 atom stereocenters. The van der Waals surface area contributed by atoms with Crippen molar-refractivity contribution in [2.75, 3.05) is 5.32 Å². The van der Waals surface area contributed by atoms with Crippen molar-refractivity contribution in [2.45, 2.75) is 12.8 Å². The summed E-state index contributed by atoms with van der Waals surface area (Å²) in [5.41, 5.74) is 1.51. The third-order valence-electron chi connectivity index (χ3n) is 2.15. The Labute approximate surface area is 75.6 Å². The zero-order valence-electron chi connectivity index (χ0n) is 6.60. The lowest BCUT2D eigenvalue weighted by Crippen LogP contribution is -2.05. The van der Waals surface area contributed by atoms with Crippen LogP contribution >= 0.6 is 12.2 Å². The van der Waals surface area contributed by atoms with Gasteiger partial charge < -0.3 is 5.32 Å². The number of nitrogens with one attached hydrogen (secondary N) is 1. The molecule has 2 rings (SSSR count). The summed E-state index contributed by atoms with van der Waals surface area (Å²) < 4.78 is 13.1. The van der Waals surface area contributed by atoms with Crippen LogP contribution in [0.2, 0.25) is 0 Å². The van der Waals surface area contributed by atoms with E-state index in [9.17, 15) is 4.39 Å². The van der Waals surface area contributed by atoms with E-state index in [1.807, 2.05) is 13.0 Å². The highest BCUT2D eigenvalue weighted by atomic mass is 32.1. The van der Waals surface area contributed by atoms with Crippen molar-refractivity contribution < 1.29 is 4.39 Å². The van der Waals surface area contributed by atoms with E-state index in [1.54, 1.807) is 6.07 Å². The summed E-state index contributed by atoms with van der Waals surface area (Å²) in [4.78, 5) is 0.704. The van der Waals surface area contributed by atoms with Crippen LogP contribution in [0.4, 0.5) is 10.1 Å². The molecule has 1 unspecified atom stereocenters. The second-order valence-corrected chi connectivity index (χ2v) is 3.35. The second kappa shape index (κ2) is 2.52. The molecule has 0 aromatic heterocycles. The molecule has 0 amide bonds. The van der Waals surface area contributed by atoms with Gasteiger partial charge in [0.1, 0.15) is 5.82 Å². The van der Waals surface area contributed by atoms with Gasteiger partial charge in [0, 0.05) is 5.92 Å². The van der Waals surface area contributed by atoms with Gasteiger partial charge in [-0.05, 0) is 11.6 Å². The Morgan fingerprint density at radius 2 is 2.25 bits per heavy atom. The number of rotatable bonds is 0. The third-order valence-corrected chi connectivity index (χ3v) is 2.61. The van der Waals surface area contributed by atoms with Gasteiger partial charge in [-0.2, -0.15) is 0 Å². The van der Waals surface area contributed by atoms with E-state index in [1.165, 1.54) is 6.07 Å². The molecule has 62 valence electrons. The van der Waals surface area contributed by atoms with Crippen molar-refractivity contribution in [2.24, 2.45) is 0 Å². The fourth-order valence-electron chi connectivity index (χ4n) is 1.41. The normalized spacial score (nSPS) is 20.5. The number of fused-ring (bicyclic) bond motifs is 1. The topological polar surface area (TPSA) is 12.0 Å². The number of hydrogen-bond acceptors (Lipinski definition) is 1. The van der Waals surface area contributed by atoms with Gasteiger partial charge in [-0.1, -0.05) is 31.3 Å². The van der Waals surface area contributed by atoms with E-state index < -0.39 is 0 Å². The summed E-state index contributed by atoms with van der Waals surface area (Å²) in [5.74, 6) is -0.0788. The molecule has 1 aliphatic heterocycles. The SMILES string of the molecule is CC1C(=S)Nc2c(F)cccc21. The van der Waals surface area contributed by atoms with E-state index in [0.717, 1.165) is 5.56 Å². The van der Waals surface area contributed by atoms with Gasteiger partial charge in [0.25, 0.3) is 0 Å². The van der Waals surface area contributed by atoms with Crippen LogP contribution in [0.25, 0.3) is 0 Å². The quantitative estimate of drug-likeness (QED) is 0.617. The molecule has 0 radical (unpaired) electrons. The molecule has 0 bridgehead atoms. The standard InChI is InChI=1S/C9H8FNS/c1-5-6-3-2-4-7(10)8(6)11-9(5)12/h2-5H,1H3,(H,11,12). The first kappa shape index (κ1) is 7.68. The Morgan fingerprint density at radius 3 is 2.92 bits per heavy atom. The van der Waals surface area contributed by atoms with Crippen molar-refractivity contribution in [1.29, 1.82) is 0 Å². The summed E-state index contributed by atoms with van der Waals surface area (Å²) in [6.07, 6.45) is 0. The van der Waals surface area contributed by atoms with Crippen molar-refractivity contribution in [1.82, 2.24) is 0 Å². The predicted octanol–water partition coefficient (Wildman–Crippen LogP) is 2.68. The molecule has 1 N–H and O–H groups in total. The Balaban J connectivity index is 2.60. The fourth-order valence-corrected chi connectivity index (χ4v) is 1.64. The number of hydrogen-bond donors (Lipinski definition) is 1. The second-order valence-electron chi connectivity index (χ2n) is 2.92. The average Bonchev–Trinajstić information content (AvgIpc) is 2.32. The molecule has 1 aromatic rings. The van der Waals surface area contributed by atoms with Crippen LogP contribution in [-0.2, 0) is 0 Å². The van der Waals surface area contributed by atoms with Crippen molar-refractivity contribution in [3.8, 4) is 0 Å². The fraction of sp³-hybridized carbons (Fsp3) is 0.222. The first-order valence-corrected chi connectivity index (χ1v) is 4.20. The van der Waals surface area contributed by atoms with Crippen LogP contribution in [-0.4, -0.2) is 4.99 Å². The number of para-hydroxylation sites is 1. The number of anilines is 1. The highest BCUT2D eigenvalue weighted by Gasteiger charge is 2.25. The molecule has 1 aromatic carbocycles. The van der Waals surface area contributed by atoms with Gasteiger partial charge >= 0.3 is 0 Å². The Morgan fingerprint density at radius 1 is 1.50 bits per heavy atom. The van der Waals surface area contributed by atoms with Crippen LogP contribution in [0.1, 0.15) is 18.4 Å². The summed E-state index contributed by atoms with van der Waals surface area (Å²) in [6.45, 7) is 1.97. The van der Waals surface area contributed by atoms with Gasteiger partial charge in [0.05, 0.1) is 10.7 Å². The monoisotopic (exact) mass is 181 g/mol. The van der Waals surface area contributed by atoms with Crippen molar-refractivity contribution in [3.63, 3.8) is 0 Å². The lowest BCUT2D eigenvalue weighted by atomic mass is 10.0. The van der Waals surface area contributed by atoms with Crippen molar-refractivity contribution >= 4 is 22.9 Å². The average molecular weight is 181 g/mol. The van der Waals surface area contributed by atoms with E-state index in [-0.39, 0.29) is 11.7 Å². The molecule has 1 aliphatic rings. The van der Waals surface area contributed by atoms with Gasteiger partial charge in [0.2, 0.25) is 0 Å². The predicted molar refractivity (Wildman–Crippen MR) is 51.0 cm³/mol. The summed E-state index contributed by atoms with van der Waals surface area (Å²) in [6, 6.07) is 5.04. The van der Waals surface area contributed by atoms with Crippen molar-refractivity contribution in [3.05, 3.63) is 29.6 Å². The first-order chi connectivity index (χ1) is 5.70. The zero-order valence-corrected chi connectivity index (χ0v) is 7.41. The number of thiocarbonyl (C=S) groups is 1. The van der Waals surface area contributed by atoms with Gasteiger partial charge in [0.15, 0.2) is 0 Å². The summed E-state index contributed by atoms with van der Waals surface area (Å²) in [5, 5.41) is 2.87. The molecular formula is C9H8FNS. The smallest absolute Gasteiger partial charge is 0.146 e. The first-order valence-electron chi connectivity index (χ1n) is 3.79. The maximum atomic E-state index is 13.1. The third kappa shape index (κ3) is 0.932. The minimum absolute atomic E-state index is 0.144. The van der Waals surface area contributed by atoms with E-state index in [0.29, 0.717) is 10.7 Å². The summed E-state index contributed by atoms with van der Waals surface area (Å²) >= 11 is 5.03. The van der Waals surface area contributed by atoms with Crippen LogP contribution in [0, 0.1) is 5.82 Å². The highest BCUT2D eigenvalue weighted by Crippen LogP contribution is 2.34. The minimum Gasteiger partial charge on any atom is -0.347 e. The van der Waals surface area contributed by atoms with Gasteiger partial charge in [-0.3, -0.25) is 0 Å². The Bertz CT molecular complexity index is 348. The Hall–Kier alpha value is -0.960. The van der Waals surface area contributed by atoms with Crippen LogP contribution < -0.4 is 5.32 Å². The van der Waals surface area contributed by atoms with E-state index in [4.69, 9.17) is 12.2 Å². The lowest BCUT2D eigenvalue weighted by Gasteiger charge is -2.00. The number of halogens is 1. The number of benzene rings is 1. The Kier molecular flexibility index (Phi) is 1.61. The molecule has 3 heteroatoms. The molecular weight excluding hydrogens is 173 g/mol. The van der Waals surface area contributed by atoms with Crippen LogP contribution in [0.3, 0.4) is 0 Å². The molecule has 1 heterocycles. The minimum atomic E-state index is -0.223. The van der Waals surface area contributed by atoms with Crippen LogP contribution in [0.5, 0.6) is 0 Å². The molecule has 0 saturated heterocycles. The maximum Gasteiger partial charge on any atom is 0.146 e. The zero-order chi connectivity index (χ0) is 8.72. The van der Waals surface area contributed by atoms with Crippen LogP contribution in [0.15, 0.2) is 18.2 Å². The largest absolute Gasteiger partial charge is 0.347 e. The molecule has 0 saturated carbocycles. The van der Waals surface area contributed by atoms with Gasteiger partial charge in [-0.25, -0.2) is 4.39 Å². The lowest BCUT2D eigenvalue weighted by molar-refractivity contribution is 0.631. The van der Waals surface area contributed by atoms with E-state index in [2.05, 4.69) is 5.32 Å². The maximum absolute atomic E-state index is 13.1. The molecule has 0 aliphatic carbocycles. The van der Waals surface area contributed by atoms with Gasteiger partial charge in [-0.15, -0.1) is 0 Å².